The number of nitrogens with zero attached hydrogens (tertiary/aromatic N) is 5. The number of hydrogen-bond acceptors (Lipinski definition) is 4. The summed E-state index contributed by atoms with van der Waals surface area (Å²) in [6, 6.07) is 40.7. The molecule has 5 heterocycles. The highest BCUT2D eigenvalue weighted by Gasteiger charge is 2.28. The number of pyridine rings is 3. The Hall–Kier alpha value is -5.81. The van der Waals surface area contributed by atoms with Crippen molar-refractivity contribution in [1.29, 1.82) is 0 Å². The molecular formula is C37H23N5. The normalized spacial score (nSPS) is 12.2. The lowest BCUT2D eigenvalue weighted by Gasteiger charge is -2.33. The Morgan fingerprint density at radius 3 is 2.21 bits per heavy atom. The first-order valence-electron chi connectivity index (χ1n) is 14.0. The minimum atomic E-state index is 0.866. The fourth-order valence-corrected chi connectivity index (χ4v) is 6.47. The van der Waals surface area contributed by atoms with Gasteiger partial charge in [0.05, 0.1) is 22.4 Å². The SMILES string of the molecule is c1ccc(-n2c3ccccc3c3cc4c(cc32)N(c2ccc(-c3cccnc3)cn2)c2cccc3cccc-4c23)nc1. The second kappa shape index (κ2) is 8.85. The van der Waals surface area contributed by atoms with Crippen molar-refractivity contribution >= 4 is 49.8 Å². The fourth-order valence-electron chi connectivity index (χ4n) is 6.47. The van der Waals surface area contributed by atoms with Gasteiger partial charge in [0.15, 0.2) is 0 Å². The highest BCUT2D eigenvalue weighted by molar-refractivity contribution is 6.18. The minimum Gasteiger partial charge on any atom is -0.294 e. The average molecular weight is 538 g/mol. The van der Waals surface area contributed by atoms with Gasteiger partial charge in [-0.25, -0.2) is 9.97 Å². The Balaban J connectivity index is 1.36. The third-order valence-corrected chi connectivity index (χ3v) is 8.29. The topological polar surface area (TPSA) is 46.8 Å². The zero-order valence-corrected chi connectivity index (χ0v) is 22.5. The van der Waals surface area contributed by atoms with Crippen LogP contribution in [0.5, 0.6) is 0 Å². The molecule has 0 bridgehead atoms. The van der Waals surface area contributed by atoms with Crippen LogP contribution in [-0.4, -0.2) is 19.5 Å². The average Bonchev–Trinajstić information content (AvgIpc) is 3.38. The van der Waals surface area contributed by atoms with E-state index >= 15 is 0 Å². The van der Waals surface area contributed by atoms with E-state index in [9.17, 15) is 0 Å². The molecule has 9 rings (SSSR count). The van der Waals surface area contributed by atoms with Gasteiger partial charge >= 0.3 is 0 Å². The highest BCUT2D eigenvalue weighted by Crippen LogP contribution is 2.52. The molecule has 5 heteroatoms. The maximum atomic E-state index is 5.02. The molecule has 0 saturated heterocycles. The number of aromatic nitrogens is 4. The van der Waals surface area contributed by atoms with E-state index in [4.69, 9.17) is 9.97 Å². The van der Waals surface area contributed by atoms with Crippen LogP contribution in [0.4, 0.5) is 17.2 Å². The lowest BCUT2D eigenvalue weighted by molar-refractivity contribution is 1.08. The van der Waals surface area contributed by atoms with Gasteiger partial charge in [0, 0.05) is 57.6 Å². The zero-order chi connectivity index (χ0) is 27.6. The van der Waals surface area contributed by atoms with Gasteiger partial charge in [-0.1, -0.05) is 60.7 Å². The molecule has 8 aromatic rings. The maximum Gasteiger partial charge on any atom is 0.137 e. The molecule has 0 radical (unpaired) electrons. The smallest absolute Gasteiger partial charge is 0.137 e. The third kappa shape index (κ3) is 3.28. The molecule has 4 aromatic carbocycles. The van der Waals surface area contributed by atoms with Gasteiger partial charge in [-0.3, -0.25) is 14.5 Å². The van der Waals surface area contributed by atoms with Crippen molar-refractivity contribution in [3.05, 3.63) is 140 Å². The molecule has 0 atom stereocenters. The molecule has 196 valence electrons. The van der Waals surface area contributed by atoms with Gasteiger partial charge in [0.2, 0.25) is 0 Å². The van der Waals surface area contributed by atoms with Crippen molar-refractivity contribution < 1.29 is 0 Å². The van der Waals surface area contributed by atoms with E-state index in [1.807, 2.05) is 36.8 Å². The molecular weight excluding hydrogens is 514 g/mol. The summed E-state index contributed by atoms with van der Waals surface area (Å²) in [6.45, 7) is 0. The molecule has 1 aliphatic rings. The summed E-state index contributed by atoms with van der Waals surface area (Å²) in [5.74, 6) is 1.76. The van der Waals surface area contributed by atoms with Gasteiger partial charge in [-0.15, -0.1) is 0 Å². The van der Waals surface area contributed by atoms with E-state index in [-0.39, 0.29) is 0 Å². The Kier molecular flexibility index (Phi) is 4.83. The van der Waals surface area contributed by atoms with Gasteiger partial charge in [0.1, 0.15) is 11.6 Å². The molecule has 0 unspecified atom stereocenters. The summed E-state index contributed by atoms with van der Waals surface area (Å²) in [4.78, 5) is 16.4. The third-order valence-electron chi connectivity index (χ3n) is 8.29. The first-order valence-corrected chi connectivity index (χ1v) is 14.0. The molecule has 5 nitrogen and oxygen atoms in total. The van der Waals surface area contributed by atoms with Gasteiger partial charge in [-0.05, 0) is 65.5 Å². The summed E-state index contributed by atoms with van der Waals surface area (Å²) >= 11 is 0. The zero-order valence-electron chi connectivity index (χ0n) is 22.5. The number of benzene rings is 4. The molecule has 0 N–H and O–H groups in total. The molecule has 0 fully saturated rings. The van der Waals surface area contributed by atoms with Crippen molar-refractivity contribution in [1.82, 2.24) is 19.5 Å². The number of hydrogen-bond donors (Lipinski definition) is 0. The van der Waals surface area contributed by atoms with Crippen LogP contribution < -0.4 is 4.90 Å². The summed E-state index contributed by atoms with van der Waals surface area (Å²) in [7, 11) is 0. The highest BCUT2D eigenvalue weighted by atomic mass is 15.2. The van der Waals surface area contributed by atoms with E-state index in [2.05, 4.69) is 112 Å². The quantitative estimate of drug-likeness (QED) is 0.225. The Morgan fingerprint density at radius 1 is 0.500 bits per heavy atom. The van der Waals surface area contributed by atoms with Crippen LogP contribution >= 0.6 is 0 Å². The Labute approximate surface area is 242 Å². The Morgan fingerprint density at radius 2 is 1.38 bits per heavy atom. The number of anilines is 3. The monoisotopic (exact) mass is 537 g/mol. The second-order valence-electron chi connectivity index (χ2n) is 10.6. The number of fused-ring (bicyclic) bond motifs is 5. The number of rotatable bonds is 3. The molecule has 1 aliphatic heterocycles. The number of para-hydroxylation sites is 1. The van der Waals surface area contributed by atoms with Crippen molar-refractivity contribution in [2.45, 2.75) is 0 Å². The lowest BCUT2D eigenvalue weighted by Crippen LogP contribution is -2.16. The van der Waals surface area contributed by atoms with Gasteiger partial charge in [0.25, 0.3) is 0 Å². The van der Waals surface area contributed by atoms with Crippen LogP contribution in [0, 0.1) is 0 Å². The van der Waals surface area contributed by atoms with E-state index < -0.39 is 0 Å². The van der Waals surface area contributed by atoms with Crippen LogP contribution in [0.3, 0.4) is 0 Å². The molecule has 0 spiro atoms. The van der Waals surface area contributed by atoms with Crippen molar-refractivity contribution in [3.8, 4) is 28.1 Å². The van der Waals surface area contributed by atoms with Crippen molar-refractivity contribution in [3.63, 3.8) is 0 Å². The fraction of sp³-hybridized carbons (Fsp3) is 0. The Bertz CT molecular complexity index is 2280. The maximum absolute atomic E-state index is 5.02. The van der Waals surface area contributed by atoms with Gasteiger partial charge < -0.3 is 0 Å². The molecule has 42 heavy (non-hydrogen) atoms. The largest absolute Gasteiger partial charge is 0.294 e. The van der Waals surface area contributed by atoms with Crippen LogP contribution in [-0.2, 0) is 0 Å². The van der Waals surface area contributed by atoms with Gasteiger partial charge in [-0.2, -0.15) is 0 Å². The summed E-state index contributed by atoms with van der Waals surface area (Å²) < 4.78 is 2.27. The van der Waals surface area contributed by atoms with E-state index in [1.165, 1.54) is 32.7 Å². The van der Waals surface area contributed by atoms with Crippen molar-refractivity contribution in [2.24, 2.45) is 0 Å². The first-order chi connectivity index (χ1) is 20.8. The van der Waals surface area contributed by atoms with Crippen molar-refractivity contribution in [2.75, 3.05) is 4.90 Å². The second-order valence-corrected chi connectivity index (χ2v) is 10.6. The van der Waals surface area contributed by atoms with Crippen LogP contribution in [0.15, 0.2) is 140 Å². The van der Waals surface area contributed by atoms with E-state index in [0.717, 1.165) is 45.2 Å². The van der Waals surface area contributed by atoms with Crippen LogP contribution in [0.25, 0.3) is 60.6 Å². The summed E-state index contributed by atoms with van der Waals surface area (Å²) in [5, 5.41) is 4.85. The predicted octanol–water partition coefficient (Wildman–Crippen LogP) is 9.24. The molecule has 0 amide bonds. The molecule has 0 saturated carbocycles. The lowest BCUT2D eigenvalue weighted by atomic mass is 9.90. The first kappa shape index (κ1) is 22.9. The van der Waals surface area contributed by atoms with Crippen LogP contribution in [0.1, 0.15) is 0 Å². The van der Waals surface area contributed by atoms with E-state index in [1.54, 1.807) is 6.20 Å². The molecule has 0 aliphatic carbocycles. The van der Waals surface area contributed by atoms with Crippen LogP contribution in [0.2, 0.25) is 0 Å². The van der Waals surface area contributed by atoms with E-state index in [0.29, 0.717) is 0 Å². The molecule has 4 aromatic heterocycles. The summed E-state index contributed by atoms with van der Waals surface area (Å²) in [5.41, 5.74) is 8.96. The standard InChI is InChI=1S/C37H23N5/c1-2-13-31-27(11-1)29-20-30-28-12-5-8-24-9-6-14-32(37(24)28)42(34(30)21-33(29)41(31)35-15-3-4-19-39-35)36-17-16-26(23-40-36)25-10-7-18-38-22-25/h1-23H. The summed E-state index contributed by atoms with van der Waals surface area (Å²) in [6.07, 6.45) is 7.46. The minimum absolute atomic E-state index is 0.866. The predicted molar refractivity (Wildman–Crippen MR) is 171 cm³/mol.